The van der Waals surface area contributed by atoms with Gasteiger partial charge in [0.15, 0.2) is 0 Å². The van der Waals surface area contributed by atoms with Crippen molar-refractivity contribution < 1.29 is 0 Å². The van der Waals surface area contributed by atoms with E-state index < -0.39 is 0 Å². The summed E-state index contributed by atoms with van der Waals surface area (Å²) in [6, 6.07) is 11.9. The van der Waals surface area contributed by atoms with Gasteiger partial charge in [-0.05, 0) is 42.8 Å². The molecule has 0 saturated heterocycles. The predicted octanol–water partition coefficient (Wildman–Crippen LogP) is 2.64. The van der Waals surface area contributed by atoms with Crippen LogP contribution in [-0.2, 0) is 0 Å². The summed E-state index contributed by atoms with van der Waals surface area (Å²) in [7, 11) is 0. The number of rotatable bonds is 1. The Balaban J connectivity index is 2.37. The van der Waals surface area contributed by atoms with Gasteiger partial charge in [0.05, 0.1) is 16.5 Å². The van der Waals surface area contributed by atoms with Gasteiger partial charge >= 0.3 is 0 Å². The second-order valence-corrected chi connectivity index (χ2v) is 4.97. The maximum Gasteiger partial charge on any atom is 0.277 e. The van der Waals surface area contributed by atoms with E-state index in [0.717, 1.165) is 5.56 Å². The van der Waals surface area contributed by atoms with Crippen molar-refractivity contribution in [2.45, 2.75) is 6.92 Å². The fraction of sp³-hybridized carbons (Fsp3) is 0.0667. The van der Waals surface area contributed by atoms with E-state index in [-0.39, 0.29) is 11.1 Å². The van der Waals surface area contributed by atoms with Crippen LogP contribution in [0.4, 0.5) is 0 Å². The average molecular weight is 287 g/mol. The molecule has 5 heteroatoms. The van der Waals surface area contributed by atoms with Crippen molar-refractivity contribution >= 4 is 22.4 Å². The van der Waals surface area contributed by atoms with Crippen LogP contribution in [0.2, 0.25) is 5.02 Å². The molecule has 100 valence electrons. The Hall–Kier alpha value is -2.33. The third-order valence-electron chi connectivity index (χ3n) is 3.22. The second kappa shape index (κ2) is 4.65. The Morgan fingerprint density at radius 2 is 1.75 bits per heavy atom. The quantitative estimate of drug-likeness (QED) is 0.748. The van der Waals surface area contributed by atoms with Crippen molar-refractivity contribution in [3.8, 4) is 5.69 Å². The first-order chi connectivity index (χ1) is 9.58. The number of halogens is 1. The topological polar surface area (TPSA) is 54.9 Å². The molecule has 1 N–H and O–H groups in total. The molecule has 0 atom stereocenters. The van der Waals surface area contributed by atoms with Crippen LogP contribution in [0.1, 0.15) is 5.56 Å². The lowest BCUT2D eigenvalue weighted by atomic mass is 10.2. The highest BCUT2D eigenvalue weighted by molar-refractivity contribution is 6.31. The normalized spacial score (nSPS) is 10.9. The zero-order valence-electron chi connectivity index (χ0n) is 10.7. The molecule has 0 unspecified atom stereocenters. The van der Waals surface area contributed by atoms with Crippen LogP contribution in [0, 0.1) is 6.92 Å². The lowest BCUT2D eigenvalue weighted by Crippen LogP contribution is -2.28. The second-order valence-electron chi connectivity index (χ2n) is 4.56. The fourth-order valence-corrected chi connectivity index (χ4v) is 2.27. The number of hydrogen-bond donors (Lipinski definition) is 1. The van der Waals surface area contributed by atoms with Crippen LogP contribution in [0.3, 0.4) is 0 Å². The van der Waals surface area contributed by atoms with Crippen molar-refractivity contribution in [2.24, 2.45) is 0 Å². The number of nitrogens with one attached hydrogen (secondary N) is 1. The zero-order valence-corrected chi connectivity index (χ0v) is 11.4. The maximum atomic E-state index is 12.4. The molecule has 1 heterocycles. The highest BCUT2D eigenvalue weighted by Crippen LogP contribution is 2.17. The molecule has 0 saturated carbocycles. The van der Waals surface area contributed by atoms with Gasteiger partial charge < -0.3 is 0 Å². The molecule has 0 radical (unpaired) electrons. The standard InChI is InChI=1S/C15H11ClN2O2/c1-9-8-10(6-7-13(9)16)18-15(20)12-5-3-2-4-11(12)14(19)17-18/h2-8H,1H3,(H,17,19). The summed E-state index contributed by atoms with van der Waals surface area (Å²) in [6.45, 7) is 1.84. The van der Waals surface area contributed by atoms with Gasteiger partial charge in [0, 0.05) is 5.02 Å². The third-order valence-corrected chi connectivity index (χ3v) is 3.64. The van der Waals surface area contributed by atoms with E-state index >= 15 is 0 Å². The van der Waals surface area contributed by atoms with Crippen LogP contribution >= 0.6 is 11.6 Å². The van der Waals surface area contributed by atoms with Crippen molar-refractivity contribution in [3.63, 3.8) is 0 Å². The first-order valence-corrected chi connectivity index (χ1v) is 6.46. The number of aromatic nitrogens is 2. The van der Waals surface area contributed by atoms with Gasteiger partial charge in [-0.1, -0.05) is 23.7 Å². The van der Waals surface area contributed by atoms with E-state index in [2.05, 4.69) is 5.10 Å². The number of fused-ring (bicyclic) bond motifs is 1. The number of H-pyrrole nitrogens is 1. The Morgan fingerprint density at radius 1 is 1.05 bits per heavy atom. The summed E-state index contributed by atoms with van der Waals surface area (Å²) < 4.78 is 1.24. The molecule has 0 aliphatic heterocycles. The van der Waals surface area contributed by atoms with Gasteiger partial charge in [0.2, 0.25) is 0 Å². The van der Waals surface area contributed by atoms with Gasteiger partial charge in [-0.25, -0.2) is 4.68 Å². The first-order valence-electron chi connectivity index (χ1n) is 6.08. The largest absolute Gasteiger partial charge is 0.277 e. The minimum atomic E-state index is -0.298. The summed E-state index contributed by atoms with van der Waals surface area (Å²) in [4.78, 5) is 24.5. The van der Waals surface area contributed by atoms with Crippen LogP contribution in [0.15, 0.2) is 52.1 Å². The predicted molar refractivity (Wildman–Crippen MR) is 79.9 cm³/mol. The van der Waals surface area contributed by atoms with Crippen LogP contribution < -0.4 is 11.1 Å². The number of aromatic amines is 1. The molecule has 2 aromatic carbocycles. The number of benzene rings is 2. The first kappa shape index (κ1) is 12.7. The molecule has 3 aromatic rings. The van der Waals surface area contributed by atoms with Crippen molar-refractivity contribution in [3.05, 3.63) is 73.8 Å². The SMILES string of the molecule is Cc1cc(-n2[nH]c(=O)c3ccccc3c2=O)ccc1Cl. The summed E-state index contributed by atoms with van der Waals surface area (Å²) in [6.07, 6.45) is 0. The fourth-order valence-electron chi connectivity index (χ4n) is 2.15. The smallest absolute Gasteiger partial charge is 0.267 e. The molecule has 0 fully saturated rings. The summed E-state index contributed by atoms with van der Waals surface area (Å²) in [5.74, 6) is 0. The Kier molecular flexibility index (Phi) is 2.95. The zero-order chi connectivity index (χ0) is 14.3. The Bertz CT molecular complexity index is 925. The van der Waals surface area contributed by atoms with E-state index in [1.54, 1.807) is 42.5 Å². The summed E-state index contributed by atoms with van der Waals surface area (Å²) >= 11 is 5.97. The van der Waals surface area contributed by atoms with E-state index in [9.17, 15) is 9.59 Å². The van der Waals surface area contributed by atoms with Crippen LogP contribution in [-0.4, -0.2) is 9.78 Å². The molecule has 0 bridgehead atoms. The molecule has 20 heavy (non-hydrogen) atoms. The van der Waals surface area contributed by atoms with E-state index in [0.29, 0.717) is 21.5 Å². The van der Waals surface area contributed by atoms with E-state index in [4.69, 9.17) is 11.6 Å². The Morgan fingerprint density at radius 3 is 2.45 bits per heavy atom. The van der Waals surface area contributed by atoms with Gasteiger partial charge in [0.1, 0.15) is 0 Å². The molecule has 3 rings (SSSR count). The van der Waals surface area contributed by atoms with Crippen molar-refractivity contribution in [1.29, 1.82) is 0 Å². The monoisotopic (exact) mass is 286 g/mol. The van der Waals surface area contributed by atoms with Gasteiger partial charge in [-0.2, -0.15) is 0 Å². The van der Waals surface area contributed by atoms with Crippen molar-refractivity contribution in [1.82, 2.24) is 9.78 Å². The molecule has 0 aliphatic rings. The molecule has 0 aliphatic carbocycles. The van der Waals surface area contributed by atoms with Gasteiger partial charge in [0.25, 0.3) is 11.1 Å². The van der Waals surface area contributed by atoms with Gasteiger partial charge in [-0.15, -0.1) is 0 Å². The van der Waals surface area contributed by atoms with E-state index in [1.807, 2.05) is 6.92 Å². The molecular formula is C15H11ClN2O2. The van der Waals surface area contributed by atoms with Crippen molar-refractivity contribution in [2.75, 3.05) is 0 Å². The van der Waals surface area contributed by atoms with E-state index in [1.165, 1.54) is 4.68 Å². The average Bonchev–Trinajstić information content (AvgIpc) is 2.46. The highest BCUT2D eigenvalue weighted by Gasteiger charge is 2.08. The molecule has 0 spiro atoms. The van der Waals surface area contributed by atoms with Gasteiger partial charge in [-0.3, -0.25) is 14.7 Å². The molecule has 4 nitrogen and oxygen atoms in total. The Labute approximate surface area is 119 Å². The minimum absolute atomic E-state index is 0.262. The molecule has 0 amide bonds. The lowest BCUT2D eigenvalue weighted by Gasteiger charge is -2.08. The van der Waals surface area contributed by atoms with Crippen LogP contribution in [0.5, 0.6) is 0 Å². The number of hydrogen-bond acceptors (Lipinski definition) is 2. The summed E-state index contributed by atoms with van der Waals surface area (Å²) in [5.41, 5.74) is 0.861. The maximum absolute atomic E-state index is 12.4. The third kappa shape index (κ3) is 1.94. The molecule has 1 aromatic heterocycles. The number of aryl methyl sites for hydroxylation is 1. The van der Waals surface area contributed by atoms with Crippen LogP contribution in [0.25, 0.3) is 16.5 Å². The minimum Gasteiger partial charge on any atom is -0.267 e. The summed E-state index contributed by atoms with van der Waals surface area (Å²) in [5, 5.41) is 3.98. The highest BCUT2D eigenvalue weighted by atomic mass is 35.5. The lowest BCUT2D eigenvalue weighted by molar-refractivity contribution is 0.801. The molecular weight excluding hydrogens is 276 g/mol. The number of nitrogens with zero attached hydrogens (tertiary/aromatic N) is 1.